The highest BCUT2D eigenvalue weighted by atomic mass is 19.1. The van der Waals surface area contributed by atoms with Crippen LogP contribution >= 0.6 is 0 Å². The van der Waals surface area contributed by atoms with E-state index in [-0.39, 0.29) is 18.0 Å². The SMILES string of the molecule is COc1cc(C(CN)C(=O)O)c(OC)cc1F. The van der Waals surface area contributed by atoms with E-state index in [0.717, 1.165) is 6.07 Å². The fourth-order valence-corrected chi connectivity index (χ4v) is 1.52. The van der Waals surface area contributed by atoms with Crippen LogP contribution in [0.5, 0.6) is 11.5 Å². The van der Waals surface area contributed by atoms with Gasteiger partial charge in [0.25, 0.3) is 0 Å². The van der Waals surface area contributed by atoms with Crippen molar-refractivity contribution in [2.75, 3.05) is 20.8 Å². The molecule has 0 aromatic heterocycles. The van der Waals surface area contributed by atoms with Crippen LogP contribution in [0.15, 0.2) is 12.1 Å². The van der Waals surface area contributed by atoms with E-state index in [9.17, 15) is 9.18 Å². The molecule has 1 aromatic rings. The first-order valence-electron chi connectivity index (χ1n) is 4.89. The van der Waals surface area contributed by atoms with Gasteiger partial charge in [-0.2, -0.15) is 0 Å². The van der Waals surface area contributed by atoms with Crippen molar-refractivity contribution >= 4 is 5.97 Å². The number of rotatable bonds is 5. The number of carboxylic acids is 1. The molecule has 0 aliphatic heterocycles. The molecule has 17 heavy (non-hydrogen) atoms. The molecule has 0 aliphatic rings. The van der Waals surface area contributed by atoms with Crippen molar-refractivity contribution in [1.82, 2.24) is 0 Å². The summed E-state index contributed by atoms with van der Waals surface area (Å²) in [6.45, 7) is -0.111. The van der Waals surface area contributed by atoms with E-state index in [4.69, 9.17) is 20.3 Å². The number of carboxylic acid groups (broad SMARTS) is 1. The molecule has 1 aromatic carbocycles. The molecule has 0 saturated carbocycles. The summed E-state index contributed by atoms with van der Waals surface area (Å²) in [6, 6.07) is 2.37. The van der Waals surface area contributed by atoms with Gasteiger partial charge in [0.2, 0.25) is 0 Å². The van der Waals surface area contributed by atoms with E-state index >= 15 is 0 Å². The van der Waals surface area contributed by atoms with E-state index in [0.29, 0.717) is 5.56 Å². The summed E-state index contributed by atoms with van der Waals surface area (Å²) in [4.78, 5) is 11.0. The zero-order valence-corrected chi connectivity index (χ0v) is 9.57. The van der Waals surface area contributed by atoms with Gasteiger partial charge in [0.05, 0.1) is 20.1 Å². The minimum atomic E-state index is -1.10. The zero-order valence-electron chi connectivity index (χ0n) is 9.57. The van der Waals surface area contributed by atoms with Crippen molar-refractivity contribution < 1.29 is 23.8 Å². The molecular weight excluding hydrogens is 229 g/mol. The Hall–Kier alpha value is -1.82. The van der Waals surface area contributed by atoms with Crippen LogP contribution in [-0.4, -0.2) is 31.8 Å². The lowest BCUT2D eigenvalue weighted by Crippen LogP contribution is -2.22. The van der Waals surface area contributed by atoms with Gasteiger partial charge in [0.15, 0.2) is 11.6 Å². The number of aliphatic carboxylic acids is 1. The molecule has 6 heteroatoms. The number of nitrogens with two attached hydrogens (primary N) is 1. The van der Waals surface area contributed by atoms with Gasteiger partial charge in [0.1, 0.15) is 5.75 Å². The van der Waals surface area contributed by atoms with Crippen molar-refractivity contribution in [2.24, 2.45) is 5.73 Å². The molecule has 0 saturated heterocycles. The summed E-state index contributed by atoms with van der Waals surface area (Å²) in [7, 11) is 2.63. The highest BCUT2D eigenvalue weighted by molar-refractivity contribution is 5.77. The summed E-state index contributed by atoms with van der Waals surface area (Å²) < 4.78 is 23.1. The van der Waals surface area contributed by atoms with Crippen LogP contribution in [0.1, 0.15) is 11.5 Å². The second-order valence-electron chi connectivity index (χ2n) is 3.36. The van der Waals surface area contributed by atoms with Gasteiger partial charge in [0, 0.05) is 18.2 Å². The van der Waals surface area contributed by atoms with Gasteiger partial charge in [-0.15, -0.1) is 0 Å². The fraction of sp³-hybridized carbons (Fsp3) is 0.364. The minimum Gasteiger partial charge on any atom is -0.496 e. The minimum absolute atomic E-state index is 0.0412. The van der Waals surface area contributed by atoms with Crippen molar-refractivity contribution in [3.63, 3.8) is 0 Å². The summed E-state index contributed by atoms with van der Waals surface area (Å²) in [5.74, 6) is -2.57. The van der Waals surface area contributed by atoms with E-state index in [1.807, 2.05) is 0 Å². The summed E-state index contributed by atoms with van der Waals surface area (Å²) >= 11 is 0. The molecule has 0 bridgehead atoms. The lowest BCUT2D eigenvalue weighted by molar-refractivity contribution is -0.138. The monoisotopic (exact) mass is 243 g/mol. The largest absolute Gasteiger partial charge is 0.496 e. The van der Waals surface area contributed by atoms with Crippen LogP contribution in [0.4, 0.5) is 4.39 Å². The normalized spacial score (nSPS) is 12.0. The maximum atomic E-state index is 13.4. The van der Waals surface area contributed by atoms with Crippen LogP contribution in [0, 0.1) is 5.82 Å². The Morgan fingerprint density at radius 3 is 2.41 bits per heavy atom. The Morgan fingerprint density at radius 2 is 2.00 bits per heavy atom. The van der Waals surface area contributed by atoms with Crippen LogP contribution in [0.3, 0.4) is 0 Å². The predicted octanol–water partition coefficient (Wildman–Crippen LogP) is 0.970. The van der Waals surface area contributed by atoms with Gasteiger partial charge in [-0.25, -0.2) is 4.39 Å². The van der Waals surface area contributed by atoms with E-state index in [1.54, 1.807) is 0 Å². The van der Waals surface area contributed by atoms with Crippen molar-refractivity contribution in [3.8, 4) is 11.5 Å². The number of hydrogen-bond acceptors (Lipinski definition) is 4. The lowest BCUT2D eigenvalue weighted by atomic mass is 9.98. The molecule has 94 valence electrons. The Bertz CT molecular complexity index is 422. The molecule has 0 heterocycles. The molecule has 1 atom stereocenters. The third-order valence-electron chi connectivity index (χ3n) is 2.41. The molecule has 1 rings (SSSR count). The zero-order chi connectivity index (χ0) is 13.0. The van der Waals surface area contributed by atoms with Gasteiger partial charge in [-0.3, -0.25) is 4.79 Å². The topological polar surface area (TPSA) is 81.8 Å². The van der Waals surface area contributed by atoms with Gasteiger partial charge >= 0.3 is 5.97 Å². The second-order valence-corrected chi connectivity index (χ2v) is 3.36. The maximum Gasteiger partial charge on any atom is 0.312 e. The average molecular weight is 243 g/mol. The first-order valence-corrected chi connectivity index (χ1v) is 4.89. The molecular formula is C11H14FNO4. The molecule has 5 nitrogen and oxygen atoms in total. The van der Waals surface area contributed by atoms with Crippen LogP contribution in [-0.2, 0) is 4.79 Å². The first kappa shape index (κ1) is 13.2. The third kappa shape index (κ3) is 2.65. The van der Waals surface area contributed by atoms with Crippen LogP contribution < -0.4 is 15.2 Å². The Labute approximate surface area is 97.9 Å². The summed E-state index contributed by atoms with van der Waals surface area (Å²) in [5, 5.41) is 9.01. The number of halogens is 1. The van der Waals surface area contributed by atoms with Gasteiger partial charge < -0.3 is 20.3 Å². The van der Waals surface area contributed by atoms with Gasteiger partial charge in [-0.05, 0) is 6.07 Å². The standard InChI is InChI=1S/C11H14FNO4/c1-16-9-4-8(12)10(17-2)3-6(9)7(5-13)11(14)15/h3-4,7H,5,13H2,1-2H3,(H,14,15). The molecule has 0 spiro atoms. The summed E-state index contributed by atoms with van der Waals surface area (Å²) in [5.41, 5.74) is 5.68. The first-order chi connectivity index (χ1) is 8.04. The number of ether oxygens (including phenoxy) is 2. The van der Waals surface area contributed by atoms with Crippen LogP contribution in [0.2, 0.25) is 0 Å². The highest BCUT2D eigenvalue weighted by Gasteiger charge is 2.24. The number of carbonyl (C=O) groups is 1. The quantitative estimate of drug-likeness (QED) is 0.805. The molecule has 1 unspecified atom stereocenters. The number of methoxy groups -OCH3 is 2. The Balaban J connectivity index is 3.33. The maximum absolute atomic E-state index is 13.4. The molecule has 0 amide bonds. The van der Waals surface area contributed by atoms with Crippen LogP contribution in [0.25, 0.3) is 0 Å². The number of hydrogen-bond donors (Lipinski definition) is 2. The smallest absolute Gasteiger partial charge is 0.312 e. The molecule has 0 aliphatic carbocycles. The van der Waals surface area contributed by atoms with E-state index in [2.05, 4.69) is 0 Å². The Kier molecular flexibility index (Phi) is 4.28. The van der Waals surface area contributed by atoms with Gasteiger partial charge in [-0.1, -0.05) is 0 Å². The fourth-order valence-electron chi connectivity index (χ4n) is 1.52. The molecule has 0 radical (unpaired) electrons. The van der Waals surface area contributed by atoms with Crippen molar-refractivity contribution in [3.05, 3.63) is 23.5 Å². The van der Waals surface area contributed by atoms with E-state index in [1.165, 1.54) is 20.3 Å². The number of benzene rings is 1. The van der Waals surface area contributed by atoms with Crippen molar-refractivity contribution in [2.45, 2.75) is 5.92 Å². The predicted molar refractivity (Wildman–Crippen MR) is 58.9 cm³/mol. The summed E-state index contributed by atoms with van der Waals surface area (Å²) in [6.07, 6.45) is 0. The van der Waals surface area contributed by atoms with Crippen molar-refractivity contribution in [1.29, 1.82) is 0 Å². The highest BCUT2D eigenvalue weighted by Crippen LogP contribution is 2.32. The Morgan fingerprint density at radius 1 is 1.41 bits per heavy atom. The average Bonchev–Trinajstić information content (AvgIpc) is 2.30. The molecule has 0 fully saturated rings. The third-order valence-corrected chi connectivity index (χ3v) is 2.41. The molecule has 3 N–H and O–H groups in total. The second kappa shape index (κ2) is 5.49. The van der Waals surface area contributed by atoms with E-state index < -0.39 is 17.7 Å². The lowest BCUT2D eigenvalue weighted by Gasteiger charge is -2.16.